The molecule has 2 aromatic rings. The lowest BCUT2D eigenvalue weighted by atomic mass is 10.1. The van der Waals surface area contributed by atoms with Crippen LogP contribution in [-0.4, -0.2) is 6.61 Å². The van der Waals surface area contributed by atoms with Gasteiger partial charge in [-0.15, -0.1) is 0 Å². The summed E-state index contributed by atoms with van der Waals surface area (Å²) < 4.78 is 8.80. The van der Waals surface area contributed by atoms with Crippen LogP contribution in [-0.2, 0) is 6.42 Å². The molecule has 0 amide bonds. The summed E-state index contributed by atoms with van der Waals surface area (Å²) >= 11 is -0.0963. The Morgan fingerprint density at radius 3 is 1.81 bits per heavy atom. The van der Waals surface area contributed by atoms with E-state index in [1.807, 2.05) is 0 Å². The minimum Gasteiger partial charge on any atom is -0.494 e. The van der Waals surface area contributed by atoms with E-state index in [2.05, 4.69) is 62.4 Å². The zero-order valence-corrected chi connectivity index (χ0v) is 19.3. The lowest BCUT2D eigenvalue weighted by Gasteiger charge is -2.05. The molecule has 2 rings (SSSR count). The molecule has 0 aromatic heterocycles. The van der Waals surface area contributed by atoms with Gasteiger partial charge < -0.3 is 4.74 Å². The summed E-state index contributed by atoms with van der Waals surface area (Å²) in [4.78, 5) is 0. The minimum atomic E-state index is -0.0963. The van der Waals surface area contributed by atoms with Crippen molar-refractivity contribution >= 4 is 0 Å². The molecule has 0 fully saturated rings. The molecule has 0 unspecified atom stereocenters. The Bertz CT molecular complexity index is 548. The average molecular weight is 479 g/mol. The van der Waals surface area contributed by atoms with Crippen LogP contribution < -0.4 is 25.9 Å². The molecular weight excluding hydrogens is 443 g/mol. The highest BCUT2D eigenvalue weighted by Gasteiger charge is 2.15. The second-order valence-corrected chi connectivity index (χ2v) is 10.3. The molecule has 27 heavy (non-hydrogen) atoms. The van der Waals surface area contributed by atoms with Crippen LogP contribution in [0, 0.1) is 7.14 Å². The van der Waals surface area contributed by atoms with Crippen molar-refractivity contribution in [1.29, 1.82) is 0 Å². The van der Waals surface area contributed by atoms with Crippen LogP contribution in [0.5, 0.6) is 5.75 Å². The maximum atomic E-state index is 5.85. The standard InChI is InChI=1S/C25H36IO/c1-3-5-7-9-10-12-22-13-15-23(16-14-22)26-24-17-19-25(20-18-24)27-21-11-8-6-4-2/h13-20H,3-12,21H2,1-2H3/q+1. The van der Waals surface area contributed by atoms with Crippen molar-refractivity contribution in [3.63, 3.8) is 0 Å². The van der Waals surface area contributed by atoms with Crippen LogP contribution in [0.3, 0.4) is 0 Å². The summed E-state index contributed by atoms with van der Waals surface area (Å²) in [5.41, 5.74) is 1.49. The van der Waals surface area contributed by atoms with Crippen LogP contribution in [0.4, 0.5) is 0 Å². The van der Waals surface area contributed by atoms with Crippen molar-refractivity contribution in [2.45, 2.75) is 78.1 Å². The quantitative estimate of drug-likeness (QED) is 0.290. The van der Waals surface area contributed by atoms with Crippen LogP contribution in [0.25, 0.3) is 0 Å². The first-order valence-corrected chi connectivity index (χ1v) is 12.9. The van der Waals surface area contributed by atoms with Gasteiger partial charge in [0.15, 0.2) is 7.14 Å². The predicted octanol–water partition coefficient (Wildman–Crippen LogP) is 4.29. The fourth-order valence-electron chi connectivity index (χ4n) is 3.09. The Balaban J connectivity index is 1.71. The highest BCUT2D eigenvalue weighted by atomic mass is 127. The molecule has 1 nitrogen and oxygen atoms in total. The minimum absolute atomic E-state index is 0.0963. The van der Waals surface area contributed by atoms with Gasteiger partial charge in [0.25, 0.3) is 0 Å². The highest BCUT2D eigenvalue weighted by molar-refractivity contribution is 5.21. The Morgan fingerprint density at radius 2 is 1.19 bits per heavy atom. The number of benzene rings is 2. The summed E-state index contributed by atoms with van der Waals surface area (Å²) in [5.74, 6) is 1.01. The summed E-state index contributed by atoms with van der Waals surface area (Å²) in [6.45, 7) is 5.36. The SMILES string of the molecule is CCCCCCCc1ccc([I+]c2ccc(OCCCCCC)cc2)cc1. The van der Waals surface area contributed by atoms with Gasteiger partial charge in [0.2, 0.25) is 0 Å². The highest BCUT2D eigenvalue weighted by Crippen LogP contribution is 2.10. The number of hydrogen-bond acceptors (Lipinski definition) is 1. The van der Waals surface area contributed by atoms with Gasteiger partial charge in [-0.1, -0.05) is 70.9 Å². The largest absolute Gasteiger partial charge is 0.494 e. The van der Waals surface area contributed by atoms with Crippen molar-refractivity contribution in [2.75, 3.05) is 6.61 Å². The van der Waals surface area contributed by atoms with Crippen molar-refractivity contribution < 1.29 is 25.9 Å². The normalized spacial score (nSPS) is 10.9. The van der Waals surface area contributed by atoms with E-state index in [4.69, 9.17) is 4.74 Å². The Morgan fingerprint density at radius 1 is 0.630 bits per heavy atom. The monoisotopic (exact) mass is 479 g/mol. The zero-order valence-electron chi connectivity index (χ0n) is 17.2. The first-order chi connectivity index (χ1) is 13.3. The third-order valence-corrected chi connectivity index (χ3v) is 7.46. The van der Waals surface area contributed by atoms with Gasteiger partial charge >= 0.3 is 21.2 Å². The average Bonchev–Trinajstić information content (AvgIpc) is 2.70. The molecule has 0 radical (unpaired) electrons. The van der Waals surface area contributed by atoms with Crippen molar-refractivity contribution in [3.05, 3.63) is 61.2 Å². The van der Waals surface area contributed by atoms with E-state index < -0.39 is 0 Å². The molecule has 0 aliphatic heterocycles. The van der Waals surface area contributed by atoms with E-state index in [0.29, 0.717) is 0 Å². The summed E-state index contributed by atoms with van der Waals surface area (Å²) in [6.07, 6.45) is 13.0. The molecule has 0 saturated carbocycles. The van der Waals surface area contributed by atoms with Gasteiger partial charge in [-0.25, -0.2) is 0 Å². The van der Waals surface area contributed by atoms with E-state index in [0.717, 1.165) is 18.8 Å². The first-order valence-electron chi connectivity index (χ1n) is 10.8. The molecule has 0 atom stereocenters. The van der Waals surface area contributed by atoms with Gasteiger partial charge in [-0.2, -0.15) is 0 Å². The third kappa shape index (κ3) is 9.64. The molecule has 0 aliphatic rings. The van der Waals surface area contributed by atoms with Gasteiger partial charge in [0, 0.05) is 0 Å². The summed E-state index contributed by atoms with van der Waals surface area (Å²) in [6, 6.07) is 18.1. The summed E-state index contributed by atoms with van der Waals surface area (Å²) in [7, 11) is 0. The van der Waals surface area contributed by atoms with E-state index in [9.17, 15) is 0 Å². The number of unbranched alkanes of at least 4 members (excludes halogenated alkanes) is 7. The fraction of sp³-hybridized carbons (Fsp3) is 0.520. The number of halogens is 1. The smallest absolute Gasteiger partial charge is 0.357 e. The number of rotatable bonds is 14. The maximum absolute atomic E-state index is 5.85. The first kappa shape index (κ1) is 22.3. The molecule has 0 bridgehead atoms. The van der Waals surface area contributed by atoms with Crippen molar-refractivity contribution in [3.8, 4) is 5.75 Å². The molecule has 2 heteroatoms. The van der Waals surface area contributed by atoms with E-state index >= 15 is 0 Å². The molecule has 0 heterocycles. The lowest BCUT2D eigenvalue weighted by Crippen LogP contribution is -3.61. The molecule has 0 saturated heterocycles. The van der Waals surface area contributed by atoms with Crippen molar-refractivity contribution in [2.24, 2.45) is 0 Å². The van der Waals surface area contributed by atoms with E-state index in [1.165, 1.54) is 70.5 Å². The predicted molar refractivity (Wildman–Crippen MR) is 112 cm³/mol. The molecule has 148 valence electrons. The summed E-state index contributed by atoms with van der Waals surface area (Å²) in [5, 5.41) is 0. The Labute approximate surface area is 177 Å². The third-order valence-electron chi connectivity index (χ3n) is 4.78. The van der Waals surface area contributed by atoms with Crippen LogP contribution in [0.2, 0.25) is 0 Å². The zero-order chi connectivity index (χ0) is 19.2. The number of hydrogen-bond donors (Lipinski definition) is 0. The second kappa shape index (κ2) is 14.0. The van der Waals surface area contributed by atoms with E-state index in [-0.39, 0.29) is 21.2 Å². The lowest BCUT2D eigenvalue weighted by molar-refractivity contribution is -0.597. The molecular formula is C25H36IO+. The number of ether oxygens (including phenoxy) is 1. The Hall–Kier alpha value is -1.03. The van der Waals surface area contributed by atoms with Gasteiger partial charge in [0.1, 0.15) is 5.75 Å². The molecule has 2 aromatic carbocycles. The van der Waals surface area contributed by atoms with Gasteiger partial charge in [0.05, 0.1) is 6.61 Å². The fourth-order valence-corrected chi connectivity index (χ4v) is 5.24. The Kier molecular flexibility index (Phi) is 11.6. The van der Waals surface area contributed by atoms with Gasteiger partial charge in [-0.05, 0) is 61.2 Å². The maximum Gasteiger partial charge on any atom is 0.357 e. The van der Waals surface area contributed by atoms with Crippen LogP contribution >= 0.6 is 0 Å². The second-order valence-electron chi connectivity index (χ2n) is 7.25. The topological polar surface area (TPSA) is 9.23 Å². The van der Waals surface area contributed by atoms with Crippen LogP contribution in [0.1, 0.15) is 77.2 Å². The molecule has 0 spiro atoms. The number of aryl methyl sites for hydroxylation is 1. The van der Waals surface area contributed by atoms with Crippen molar-refractivity contribution in [1.82, 2.24) is 0 Å². The molecule has 0 N–H and O–H groups in total. The molecule has 0 aliphatic carbocycles. The van der Waals surface area contributed by atoms with Crippen LogP contribution in [0.15, 0.2) is 48.5 Å². The van der Waals surface area contributed by atoms with E-state index in [1.54, 1.807) is 0 Å². The van der Waals surface area contributed by atoms with Gasteiger partial charge in [-0.3, -0.25) is 0 Å².